The van der Waals surface area contributed by atoms with Crippen LogP contribution in [0.5, 0.6) is 5.75 Å². The molecule has 0 fully saturated rings. The van der Waals surface area contributed by atoms with Gasteiger partial charge < -0.3 is 10.1 Å². The zero-order chi connectivity index (χ0) is 18.4. The Kier molecular flexibility index (Phi) is 5.43. The summed E-state index contributed by atoms with van der Waals surface area (Å²) in [4.78, 5) is 24.2. The number of nitrogens with zero attached hydrogens (tertiary/aromatic N) is 2. The number of methoxy groups -OCH3 is 1. The summed E-state index contributed by atoms with van der Waals surface area (Å²) in [6.07, 6.45) is 0. The van der Waals surface area contributed by atoms with Crippen molar-refractivity contribution < 1.29 is 9.53 Å². The number of carbonyl (C=O) groups is 1. The second-order valence-corrected chi connectivity index (χ2v) is 5.71. The fraction of sp³-hybridized carbons (Fsp3) is 0.150. The highest BCUT2D eigenvalue weighted by molar-refractivity contribution is 5.75. The predicted molar refractivity (Wildman–Crippen MR) is 98.8 cm³/mol. The number of hydrogen-bond donors (Lipinski definition) is 1. The number of nitrogens with one attached hydrogen (secondary N) is 1. The Bertz CT molecular complexity index is 935. The predicted octanol–water partition coefficient (Wildman–Crippen LogP) is 2.24. The van der Waals surface area contributed by atoms with Crippen molar-refractivity contribution in [3.05, 3.63) is 82.6 Å². The van der Waals surface area contributed by atoms with E-state index in [1.54, 1.807) is 13.2 Å². The maximum Gasteiger partial charge on any atom is 0.267 e. The van der Waals surface area contributed by atoms with Crippen LogP contribution in [-0.2, 0) is 17.9 Å². The molecule has 0 saturated carbocycles. The van der Waals surface area contributed by atoms with Crippen LogP contribution in [0.15, 0.2) is 71.5 Å². The maximum atomic E-state index is 12.1. The highest BCUT2D eigenvalue weighted by Crippen LogP contribution is 2.19. The second kappa shape index (κ2) is 8.11. The lowest BCUT2D eigenvalue weighted by Crippen LogP contribution is -2.33. The molecule has 0 unspecified atom stereocenters. The van der Waals surface area contributed by atoms with Crippen LogP contribution in [0.25, 0.3) is 11.3 Å². The number of benzene rings is 2. The lowest BCUT2D eigenvalue weighted by Gasteiger charge is -2.09. The first-order valence-electron chi connectivity index (χ1n) is 8.19. The largest absolute Gasteiger partial charge is 0.497 e. The van der Waals surface area contributed by atoms with E-state index < -0.39 is 0 Å². The van der Waals surface area contributed by atoms with E-state index in [0.29, 0.717) is 12.2 Å². The molecule has 132 valence electrons. The van der Waals surface area contributed by atoms with Crippen LogP contribution >= 0.6 is 0 Å². The minimum Gasteiger partial charge on any atom is -0.497 e. The monoisotopic (exact) mass is 349 g/mol. The van der Waals surface area contributed by atoms with Gasteiger partial charge >= 0.3 is 0 Å². The quantitative estimate of drug-likeness (QED) is 0.741. The second-order valence-electron chi connectivity index (χ2n) is 5.71. The molecule has 0 aliphatic carbocycles. The van der Waals surface area contributed by atoms with Gasteiger partial charge in [0.05, 0.1) is 12.8 Å². The molecule has 3 aromatic rings. The molecular formula is C20H19N3O3. The number of amides is 1. The van der Waals surface area contributed by atoms with E-state index in [4.69, 9.17) is 4.74 Å². The van der Waals surface area contributed by atoms with Gasteiger partial charge in [-0.3, -0.25) is 9.59 Å². The van der Waals surface area contributed by atoms with E-state index in [1.165, 1.54) is 10.7 Å². The van der Waals surface area contributed by atoms with Crippen LogP contribution in [0, 0.1) is 0 Å². The van der Waals surface area contributed by atoms with Gasteiger partial charge in [-0.1, -0.05) is 30.3 Å². The van der Waals surface area contributed by atoms with Gasteiger partial charge in [-0.15, -0.1) is 0 Å². The van der Waals surface area contributed by atoms with Gasteiger partial charge in [-0.05, 0) is 35.9 Å². The zero-order valence-corrected chi connectivity index (χ0v) is 14.4. The Morgan fingerprint density at radius 3 is 2.46 bits per heavy atom. The van der Waals surface area contributed by atoms with Crippen molar-refractivity contribution >= 4 is 5.91 Å². The SMILES string of the molecule is COc1ccc(-c2ccc(=O)n(CC(=O)NCc3ccccc3)n2)cc1. The van der Waals surface area contributed by atoms with E-state index >= 15 is 0 Å². The Hall–Kier alpha value is -3.41. The topological polar surface area (TPSA) is 73.2 Å². The Morgan fingerprint density at radius 2 is 1.77 bits per heavy atom. The van der Waals surface area contributed by atoms with Crippen LogP contribution in [-0.4, -0.2) is 22.8 Å². The lowest BCUT2D eigenvalue weighted by atomic mass is 10.1. The molecule has 3 rings (SSSR count). The summed E-state index contributed by atoms with van der Waals surface area (Å²) in [7, 11) is 1.60. The number of aromatic nitrogens is 2. The van der Waals surface area contributed by atoms with Gasteiger partial charge in [-0.2, -0.15) is 5.10 Å². The van der Waals surface area contributed by atoms with Crippen molar-refractivity contribution in [3.8, 4) is 17.0 Å². The molecule has 2 aromatic carbocycles. The van der Waals surface area contributed by atoms with Crippen molar-refractivity contribution in [2.24, 2.45) is 0 Å². The van der Waals surface area contributed by atoms with Gasteiger partial charge in [0.15, 0.2) is 0 Å². The smallest absolute Gasteiger partial charge is 0.267 e. The molecular weight excluding hydrogens is 330 g/mol. The molecule has 1 N–H and O–H groups in total. The van der Waals surface area contributed by atoms with Crippen molar-refractivity contribution in [1.82, 2.24) is 15.1 Å². The molecule has 0 aliphatic rings. The average molecular weight is 349 g/mol. The minimum atomic E-state index is -0.322. The third-order valence-electron chi connectivity index (χ3n) is 3.88. The summed E-state index contributed by atoms with van der Waals surface area (Å²) < 4.78 is 6.30. The van der Waals surface area contributed by atoms with E-state index in [2.05, 4.69) is 10.4 Å². The Labute approximate surface area is 151 Å². The normalized spacial score (nSPS) is 10.3. The summed E-state index contributed by atoms with van der Waals surface area (Å²) >= 11 is 0. The Morgan fingerprint density at radius 1 is 1.04 bits per heavy atom. The first-order chi connectivity index (χ1) is 12.7. The highest BCUT2D eigenvalue weighted by atomic mass is 16.5. The van der Waals surface area contributed by atoms with Crippen LogP contribution in [0.3, 0.4) is 0 Å². The molecule has 6 nitrogen and oxygen atoms in total. The van der Waals surface area contributed by atoms with Gasteiger partial charge in [0.2, 0.25) is 5.91 Å². The molecule has 0 radical (unpaired) electrons. The van der Waals surface area contributed by atoms with Crippen LogP contribution < -0.4 is 15.6 Å². The van der Waals surface area contributed by atoms with Gasteiger partial charge in [0.1, 0.15) is 12.3 Å². The van der Waals surface area contributed by atoms with Gasteiger partial charge in [0.25, 0.3) is 5.56 Å². The average Bonchev–Trinajstić information content (AvgIpc) is 2.69. The summed E-state index contributed by atoms with van der Waals surface area (Å²) in [6, 6.07) is 20.0. The molecule has 0 bridgehead atoms. The lowest BCUT2D eigenvalue weighted by molar-refractivity contribution is -0.122. The van der Waals surface area contributed by atoms with E-state index in [-0.39, 0.29) is 18.0 Å². The fourth-order valence-corrected chi connectivity index (χ4v) is 2.47. The van der Waals surface area contributed by atoms with Crippen molar-refractivity contribution in [2.45, 2.75) is 13.1 Å². The number of ether oxygens (including phenoxy) is 1. The third-order valence-corrected chi connectivity index (χ3v) is 3.88. The van der Waals surface area contributed by atoms with E-state index in [9.17, 15) is 9.59 Å². The van der Waals surface area contributed by atoms with E-state index in [1.807, 2.05) is 54.6 Å². The van der Waals surface area contributed by atoms with Crippen LogP contribution in [0.4, 0.5) is 0 Å². The molecule has 0 atom stereocenters. The third kappa shape index (κ3) is 4.36. The van der Waals surface area contributed by atoms with Crippen molar-refractivity contribution in [1.29, 1.82) is 0 Å². The molecule has 1 aromatic heterocycles. The number of carbonyl (C=O) groups excluding carboxylic acids is 1. The van der Waals surface area contributed by atoms with E-state index in [0.717, 1.165) is 16.9 Å². The zero-order valence-electron chi connectivity index (χ0n) is 14.4. The van der Waals surface area contributed by atoms with Crippen LogP contribution in [0.1, 0.15) is 5.56 Å². The Balaban J connectivity index is 1.71. The first-order valence-corrected chi connectivity index (χ1v) is 8.19. The molecule has 0 spiro atoms. The molecule has 26 heavy (non-hydrogen) atoms. The summed E-state index contributed by atoms with van der Waals surface area (Å²) in [6.45, 7) is 0.280. The van der Waals surface area contributed by atoms with Gasteiger partial charge in [-0.25, -0.2) is 4.68 Å². The molecule has 0 aliphatic heterocycles. The summed E-state index contributed by atoms with van der Waals surface area (Å²) in [5, 5.41) is 7.09. The standard InChI is InChI=1S/C20H19N3O3/c1-26-17-9-7-16(8-10-17)18-11-12-20(25)23(22-18)14-19(24)21-13-15-5-3-2-4-6-15/h2-12H,13-14H2,1H3,(H,21,24). The molecule has 1 heterocycles. The van der Waals surface area contributed by atoms with Gasteiger partial charge in [0, 0.05) is 18.2 Å². The number of rotatable bonds is 6. The van der Waals surface area contributed by atoms with Crippen molar-refractivity contribution in [3.63, 3.8) is 0 Å². The molecule has 1 amide bonds. The highest BCUT2D eigenvalue weighted by Gasteiger charge is 2.08. The molecule has 0 saturated heterocycles. The fourth-order valence-electron chi connectivity index (χ4n) is 2.47. The summed E-state index contributed by atoms with van der Waals surface area (Å²) in [5.41, 5.74) is 2.12. The van der Waals surface area contributed by atoms with Crippen molar-refractivity contribution in [2.75, 3.05) is 7.11 Å². The molecule has 6 heteroatoms. The minimum absolute atomic E-state index is 0.129. The first kappa shape index (κ1) is 17.4. The maximum absolute atomic E-state index is 12.1. The number of hydrogen-bond acceptors (Lipinski definition) is 4. The van der Waals surface area contributed by atoms with Crippen LogP contribution in [0.2, 0.25) is 0 Å². The summed E-state index contributed by atoms with van der Waals surface area (Å²) in [5.74, 6) is 0.470.